The van der Waals surface area contributed by atoms with Gasteiger partial charge in [-0.25, -0.2) is 0 Å². The van der Waals surface area contributed by atoms with Gasteiger partial charge >= 0.3 is 0 Å². The largest absolute Gasteiger partial charge is 0.478 e. The van der Waals surface area contributed by atoms with E-state index in [1.807, 2.05) is 24.3 Å². The van der Waals surface area contributed by atoms with Gasteiger partial charge in [0.1, 0.15) is 12.5 Å². The molecule has 0 aliphatic rings. The topological polar surface area (TPSA) is 41.6 Å². The molecule has 94 valence electrons. The smallest absolute Gasteiger partial charge is 0.221 e. The molecule has 4 nitrogen and oxygen atoms in total. The number of nitrogens with zero attached hydrogens (tertiary/aromatic N) is 1. The van der Waals surface area contributed by atoms with Crippen molar-refractivity contribution in [2.75, 3.05) is 25.1 Å². The molecule has 0 bridgehead atoms. The van der Waals surface area contributed by atoms with Crippen LogP contribution in [0, 0.1) is 0 Å². The second-order valence-corrected chi connectivity index (χ2v) is 3.79. The van der Waals surface area contributed by atoms with Crippen LogP contribution in [0.15, 0.2) is 24.3 Å². The normalized spacial score (nSPS) is 10.4. The van der Waals surface area contributed by atoms with Gasteiger partial charge in [0.15, 0.2) is 0 Å². The van der Waals surface area contributed by atoms with Gasteiger partial charge in [0.05, 0.1) is 0 Å². The number of benzene rings is 1. The molecular weight excluding hydrogens is 216 g/mol. The Kier molecular flexibility index (Phi) is 5.49. The van der Waals surface area contributed by atoms with Crippen molar-refractivity contribution in [1.29, 1.82) is 0 Å². The molecule has 0 heterocycles. The van der Waals surface area contributed by atoms with E-state index in [4.69, 9.17) is 4.74 Å². The predicted octanol–water partition coefficient (Wildman–Crippen LogP) is 2.32. The van der Waals surface area contributed by atoms with Gasteiger partial charge in [0, 0.05) is 18.7 Å². The first-order valence-electron chi connectivity index (χ1n) is 5.88. The number of rotatable bonds is 6. The maximum Gasteiger partial charge on any atom is 0.221 e. The first-order chi connectivity index (χ1) is 8.15. The van der Waals surface area contributed by atoms with Crippen LogP contribution in [0.3, 0.4) is 0 Å². The van der Waals surface area contributed by atoms with E-state index >= 15 is 0 Å². The number of anilines is 1. The molecule has 0 saturated carbocycles. The van der Waals surface area contributed by atoms with E-state index in [9.17, 15) is 4.79 Å². The van der Waals surface area contributed by atoms with E-state index in [2.05, 4.69) is 24.1 Å². The fourth-order valence-electron chi connectivity index (χ4n) is 1.44. The van der Waals surface area contributed by atoms with E-state index < -0.39 is 0 Å². The monoisotopic (exact) mass is 236 g/mol. The van der Waals surface area contributed by atoms with Gasteiger partial charge in [-0.3, -0.25) is 9.69 Å². The summed E-state index contributed by atoms with van der Waals surface area (Å²) < 4.78 is 5.65. The van der Waals surface area contributed by atoms with Crippen molar-refractivity contribution in [1.82, 2.24) is 4.90 Å². The Morgan fingerprint density at radius 3 is 2.65 bits per heavy atom. The van der Waals surface area contributed by atoms with Crippen molar-refractivity contribution >= 4 is 11.6 Å². The fraction of sp³-hybridized carbons (Fsp3) is 0.462. The molecule has 17 heavy (non-hydrogen) atoms. The minimum Gasteiger partial charge on any atom is -0.478 e. The Bertz CT molecular complexity index is 362. The van der Waals surface area contributed by atoms with Gasteiger partial charge in [0.2, 0.25) is 5.91 Å². The number of nitrogens with one attached hydrogen (secondary N) is 1. The summed E-state index contributed by atoms with van der Waals surface area (Å²) in [4.78, 5) is 13.1. The van der Waals surface area contributed by atoms with Gasteiger partial charge in [-0.1, -0.05) is 19.9 Å². The highest BCUT2D eigenvalue weighted by molar-refractivity contribution is 5.88. The summed E-state index contributed by atoms with van der Waals surface area (Å²) in [6.07, 6.45) is 0. The summed E-state index contributed by atoms with van der Waals surface area (Å²) in [5.74, 6) is 0.689. The third-order valence-electron chi connectivity index (χ3n) is 2.46. The minimum absolute atomic E-state index is 0.0779. The van der Waals surface area contributed by atoms with Crippen LogP contribution in [0.5, 0.6) is 5.75 Å². The summed E-state index contributed by atoms with van der Waals surface area (Å²) in [7, 11) is 0. The van der Waals surface area contributed by atoms with E-state index in [1.54, 1.807) is 0 Å². The SMILES string of the molecule is CCN(CC)COc1cccc(NC(C)=O)c1. The Labute approximate surface area is 103 Å². The van der Waals surface area contributed by atoms with E-state index in [0.29, 0.717) is 6.73 Å². The van der Waals surface area contributed by atoms with Crippen molar-refractivity contribution in [2.45, 2.75) is 20.8 Å². The molecule has 0 atom stereocenters. The second-order valence-electron chi connectivity index (χ2n) is 3.79. The summed E-state index contributed by atoms with van der Waals surface area (Å²) in [5.41, 5.74) is 0.759. The number of ether oxygens (including phenoxy) is 1. The molecule has 1 N–H and O–H groups in total. The van der Waals surface area contributed by atoms with E-state index in [0.717, 1.165) is 24.5 Å². The highest BCUT2D eigenvalue weighted by Crippen LogP contribution is 2.17. The van der Waals surface area contributed by atoms with Crippen LogP contribution in [-0.4, -0.2) is 30.6 Å². The molecule has 4 heteroatoms. The molecule has 1 aromatic rings. The molecule has 0 aliphatic heterocycles. The second kappa shape index (κ2) is 6.91. The van der Waals surface area contributed by atoms with E-state index in [1.165, 1.54) is 6.92 Å². The molecular formula is C13H20N2O2. The standard InChI is InChI=1S/C13H20N2O2/c1-4-15(5-2)10-17-13-8-6-7-12(9-13)14-11(3)16/h6-9H,4-5,10H2,1-3H3,(H,14,16). The van der Waals surface area contributed by atoms with Crippen LogP contribution < -0.4 is 10.1 Å². The Balaban J connectivity index is 2.56. The molecule has 1 amide bonds. The third kappa shape index (κ3) is 4.87. The fourth-order valence-corrected chi connectivity index (χ4v) is 1.44. The summed E-state index contributed by atoms with van der Waals surface area (Å²) >= 11 is 0. The lowest BCUT2D eigenvalue weighted by Gasteiger charge is -2.18. The van der Waals surface area contributed by atoms with Crippen molar-refractivity contribution in [3.8, 4) is 5.75 Å². The number of amides is 1. The van der Waals surface area contributed by atoms with Gasteiger partial charge in [-0.15, -0.1) is 0 Å². The Morgan fingerprint density at radius 2 is 2.06 bits per heavy atom. The lowest BCUT2D eigenvalue weighted by Crippen LogP contribution is -2.27. The number of carbonyl (C=O) groups is 1. The summed E-state index contributed by atoms with van der Waals surface area (Å²) in [6, 6.07) is 7.41. The maximum atomic E-state index is 10.9. The number of carbonyl (C=O) groups excluding carboxylic acids is 1. The maximum absolute atomic E-state index is 10.9. The van der Waals surface area contributed by atoms with Gasteiger partial charge < -0.3 is 10.1 Å². The van der Waals surface area contributed by atoms with Gasteiger partial charge in [0.25, 0.3) is 0 Å². The van der Waals surface area contributed by atoms with Crippen LogP contribution >= 0.6 is 0 Å². The third-order valence-corrected chi connectivity index (χ3v) is 2.46. The lowest BCUT2D eigenvalue weighted by atomic mass is 10.3. The number of hydrogen-bond acceptors (Lipinski definition) is 3. The Hall–Kier alpha value is -1.55. The first-order valence-corrected chi connectivity index (χ1v) is 5.88. The van der Waals surface area contributed by atoms with Crippen molar-refractivity contribution in [3.63, 3.8) is 0 Å². The number of hydrogen-bond donors (Lipinski definition) is 1. The Morgan fingerprint density at radius 1 is 1.35 bits per heavy atom. The van der Waals surface area contributed by atoms with Gasteiger partial charge in [-0.2, -0.15) is 0 Å². The zero-order chi connectivity index (χ0) is 12.7. The molecule has 1 rings (SSSR count). The average molecular weight is 236 g/mol. The van der Waals surface area contributed by atoms with Crippen LogP contribution in [0.4, 0.5) is 5.69 Å². The quantitative estimate of drug-likeness (QED) is 0.771. The zero-order valence-corrected chi connectivity index (χ0v) is 10.7. The van der Waals surface area contributed by atoms with Crippen LogP contribution in [0.2, 0.25) is 0 Å². The van der Waals surface area contributed by atoms with Crippen molar-refractivity contribution in [3.05, 3.63) is 24.3 Å². The molecule has 0 radical (unpaired) electrons. The lowest BCUT2D eigenvalue weighted by molar-refractivity contribution is -0.114. The van der Waals surface area contributed by atoms with Crippen LogP contribution in [0.1, 0.15) is 20.8 Å². The molecule has 0 aromatic heterocycles. The zero-order valence-electron chi connectivity index (χ0n) is 10.7. The molecule has 0 saturated heterocycles. The molecule has 0 fully saturated rings. The van der Waals surface area contributed by atoms with Crippen molar-refractivity contribution < 1.29 is 9.53 Å². The first kappa shape index (κ1) is 13.5. The van der Waals surface area contributed by atoms with E-state index in [-0.39, 0.29) is 5.91 Å². The average Bonchev–Trinajstić information content (AvgIpc) is 2.30. The van der Waals surface area contributed by atoms with Crippen molar-refractivity contribution in [2.24, 2.45) is 0 Å². The molecule has 0 unspecified atom stereocenters. The van der Waals surface area contributed by atoms with Crippen LogP contribution in [-0.2, 0) is 4.79 Å². The highest BCUT2D eigenvalue weighted by Gasteiger charge is 2.01. The summed E-state index contributed by atoms with van der Waals surface area (Å²) in [5, 5.41) is 2.73. The highest BCUT2D eigenvalue weighted by atomic mass is 16.5. The molecule has 0 aliphatic carbocycles. The molecule has 0 spiro atoms. The van der Waals surface area contributed by atoms with Gasteiger partial charge in [-0.05, 0) is 25.2 Å². The predicted molar refractivity (Wildman–Crippen MR) is 69.2 cm³/mol. The molecule has 1 aromatic carbocycles. The summed E-state index contributed by atoms with van der Waals surface area (Å²) in [6.45, 7) is 8.17. The van der Waals surface area contributed by atoms with Crippen LogP contribution in [0.25, 0.3) is 0 Å². The minimum atomic E-state index is -0.0779.